The fourth-order valence-corrected chi connectivity index (χ4v) is 4.08. The number of piperidine rings is 1. The van der Waals surface area contributed by atoms with Gasteiger partial charge in [0.05, 0.1) is 17.1 Å². The van der Waals surface area contributed by atoms with Crippen LogP contribution >= 0.6 is 11.3 Å². The van der Waals surface area contributed by atoms with Crippen LogP contribution in [0.1, 0.15) is 34.1 Å². The zero-order valence-electron chi connectivity index (χ0n) is 13.1. The van der Waals surface area contributed by atoms with Crippen LogP contribution in [0.3, 0.4) is 0 Å². The molecule has 1 fully saturated rings. The van der Waals surface area contributed by atoms with E-state index in [-0.39, 0.29) is 5.91 Å². The van der Waals surface area contributed by atoms with Crippen molar-refractivity contribution in [2.75, 3.05) is 13.1 Å². The van der Waals surface area contributed by atoms with Crippen LogP contribution in [0.15, 0.2) is 12.3 Å². The van der Waals surface area contributed by atoms with Gasteiger partial charge in [-0.3, -0.25) is 9.89 Å². The summed E-state index contributed by atoms with van der Waals surface area (Å²) in [5, 5.41) is 8.06. The third-order valence-electron chi connectivity index (χ3n) is 4.25. The summed E-state index contributed by atoms with van der Waals surface area (Å²) in [5.74, 6) is 0.767. The summed E-state index contributed by atoms with van der Waals surface area (Å²) < 4.78 is 0. The molecular formula is C16H22N4OS. The highest BCUT2D eigenvalue weighted by Crippen LogP contribution is 2.23. The molecule has 1 atom stereocenters. The van der Waals surface area contributed by atoms with Gasteiger partial charge in [0.1, 0.15) is 0 Å². The van der Waals surface area contributed by atoms with Crippen molar-refractivity contribution in [3.05, 3.63) is 33.5 Å². The summed E-state index contributed by atoms with van der Waals surface area (Å²) >= 11 is 1.64. The Bertz CT molecular complexity index is 635. The summed E-state index contributed by atoms with van der Waals surface area (Å²) in [7, 11) is 0. The van der Waals surface area contributed by atoms with E-state index >= 15 is 0 Å². The molecule has 2 aromatic rings. The lowest BCUT2D eigenvalue weighted by Gasteiger charge is -2.32. The van der Waals surface area contributed by atoms with Gasteiger partial charge in [0.2, 0.25) is 5.91 Å². The molecule has 1 N–H and O–H groups in total. The summed E-state index contributed by atoms with van der Waals surface area (Å²) in [6.45, 7) is 5.72. The molecule has 0 bridgehead atoms. The molecule has 1 aliphatic heterocycles. The van der Waals surface area contributed by atoms with Gasteiger partial charge < -0.3 is 4.90 Å². The summed E-state index contributed by atoms with van der Waals surface area (Å²) in [4.78, 5) is 20.1. The van der Waals surface area contributed by atoms with E-state index in [0.29, 0.717) is 12.3 Å². The predicted molar refractivity (Wildman–Crippen MR) is 86.9 cm³/mol. The Morgan fingerprint density at radius 2 is 2.36 bits per heavy atom. The maximum Gasteiger partial charge on any atom is 0.227 e. The van der Waals surface area contributed by atoms with Crippen molar-refractivity contribution in [3.63, 3.8) is 0 Å². The number of hydrogen-bond acceptors (Lipinski definition) is 4. The lowest BCUT2D eigenvalue weighted by atomic mass is 9.93. The topological polar surface area (TPSA) is 61.9 Å². The molecule has 1 aliphatic rings. The normalized spacial score (nSPS) is 18.6. The van der Waals surface area contributed by atoms with E-state index in [2.05, 4.69) is 15.2 Å². The lowest BCUT2D eigenvalue weighted by molar-refractivity contribution is -0.132. The molecule has 3 rings (SSSR count). The number of carbonyl (C=O) groups is 1. The van der Waals surface area contributed by atoms with Crippen LogP contribution in [0.2, 0.25) is 0 Å². The predicted octanol–water partition coefficient (Wildman–Crippen LogP) is 2.51. The number of aromatic amines is 1. The number of rotatable bonds is 4. The van der Waals surface area contributed by atoms with Gasteiger partial charge in [-0.15, -0.1) is 11.3 Å². The van der Waals surface area contributed by atoms with Gasteiger partial charge >= 0.3 is 0 Å². The van der Waals surface area contributed by atoms with Gasteiger partial charge in [0.25, 0.3) is 0 Å². The van der Waals surface area contributed by atoms with Crippen molar-refractivity contribution in [3.8, 4) is 0 Å². The number of nitrogens with one attached hydrogen (secondary N) is 1. The quantitative estimate of drug-likeness (QED) is 0.942. The molecular weight excluding hydrogens is 296 g/mol. The first-order valence-corrected chi connectivity index (χ1v) is 8.62. The largest absolute Gasteiger partial charge is 0.342 e. The molecule has 0 aliphatic carbocycles. The van der Waals surface area contributed by atoms with Crippen molar-refractivity contribution < 1.29 is 4.79 Å². The van der Waals surface area contributed by atoms with Crippen molar-refractivity contribution in [2.24, 2.45) is 5.92 Å². The number of carbonyl (C=O) groups excluding carboxylic acids is 1. The molecule has 0 unspecified atom stereocenters. The minimum Gasteiger partial charge on any atom is -0.342 e. The number of thiazole rings is 1. The third-order valence-corrected chi connectivity index (χ3v) is 5.32. The third kappa shape index (κ3) is 3.55. The van der Waals surface area contributed by atoms with Crippen molar-refractivity contribution >= 4 is 17.2 Å². The maximum atomic E-state index is 12.6. The first-order chi connectivity index (χ1) is 10.6. The fraction of sp³-hybridized carbons (Fsp3) is 0.562. The SMILES string of the molecule is Cc1nc(C)c(CC(=O)N2CCC[C@H](Cc3ccn[nH]3)C2)s1. The minimum atomic E-state index is 0.237. The highest BCUT2D eigenvalue weighted by atomic mass is 32.1. The van der Waals surface area contributed by atoms with Crippen LogP contribution < -0.4 is 0 Å². The van der Waals surface area contributed by atoms with Crippen LogP contribution in [-0.4, -0.2) is 39.1 Å². The van der Waals surface area contributed by atoms with Crippen LogP contribution in [0.25, 0.3) is 0 Å². The highest BCUT2D eigenvalue weighted by Gasteiger charge is 2.25. The average Bonchev–Trinajstić information content (AvgIpc) is 3.09. The van der Waals surface area contributed by atoms with E-state index in [1.807, 2.05) is 24.8 Å². The zero-order chi connectivity index (χ0) is 15.5. The Labute approximate surface area is 134 Å². The van der Waals surface area contributed by atoms with Gasteiger partial charge in [-0.1, -0.05) is 0 Å². The van der Waals surface area contributed by atoms with E-state index in [9.17, 15) is 4.79 Å². The minimum absolute atomic E-state index is 0.237. The number of likely N-dealkylation sites (tertiary alicyclic amines) is 1. The molecule has 6 heteroatoms. The molecule has 1 amide bonds. The lowest BCUT2D eigenvalue weighted by Crippen LogP contribution is -2.41. The monoisotopic (exact) mass is 318 g/mol. The Balaban J connectivity index is 1.59. The van der Waals surface area contributed by atoms with Gasteiger partial charge in [-0.2, -0.15) is 5.10 Å². The van der Waals surface area contributed by atoms with E-state index < -0.39 is 0 Å². The number of nitrogens with zero attached hydrogens (tertiary/aromatic N) is 3. The second-order valence-corrected chi connectivity index (χ2v) is 7.34. The van der Waals surface area contributed by atoms with Crippen molar-refractivity contribution in [1.82, 2.24) is 20.1 Å². The van der Waals surface area contributed by atoms with Crippen molar-refractivity contribution in [1.29, 1.82) is 0 Å². The molecule has 1 saturated heterocycles. The molecule has 5 nitrogen and oxygen atoms in total. The van der Waals surface area contributed by atoms with E-state index in [4.69, 9.17) is 0 Å². The first kappa shape index (κ1) is 15.2. The summed E-state index contributed by atoms with van der Waals surface area (Å²) in [6.07, 6.45) is 5.53. The van der Waals surface area contributed by atoms with Gasteiger partial charge in [-0.25, -0.2) is 4.98 Å². The van der Waals surface area contributed by atoms with Crippen LogP contribution in [0.5, 0.6) is 0 Å². The summed E-state index contributed by atoms with van der Waals surface area (Å²) in [5.41, 5.74) is 2.16. The van der Waals surface area contributed by atoms with E-state index in [0.717, 1.165) is 47.2 Å². The molecule has 0 radical (unpaired) electrons. The zero-order valence-corrected chi connectivity index (χ0v) is 13.9. The Hall–Kier alpha value is -1.69. The molecule has 0 saturated carbocycles. The molecule has 0 aromatic carbocycles. The van der Waals surface area contributed by atoms with E-state index in [1.54, 1.807) is 17.5 Å². The number of aromatic nitrogens is 3. The standard InChI is InChI=1S/C16H22N4OS/c1-11-15(22-12(2)18-11)9-16(21)20-7-3-4-13(10-20)8-14-5-6-17-19-14/h5-6,13H,3-4,7-10H2,1-2H3,(H,17,19)/t13-/m1/s1. The average molecular weight is 318 g/mol. The smallest absolute Gasteiger partial charge is 0.227 e. The Morgan fingerprint density at radius 3 is 3.05 bits per heavy atom. The van der Waals surface area contributed by atoms with Gasteiger partial charge in [-0.05, 0) is 45.1 Å². The maximum absolute atomic E-state index is 12.6. The second kappa shape index (κ2) is 6.60. The number of aryl methyl sites for hydroxylation is 2. The van der Waals surface area contributed by atoms with Crippen LogP contribution in [-0.2, 0) is 17.6 Å². The molecule has 0 spiro atoms. The molecule has 3 heterocycles. The Kier molecular flexibility index (Phi) is 4.57. The highest BCUT2D eigenvalue weighted by molar-refractivity contribution is 7.11. The van der Waals surface area contributed by atoms with E-state index in [1.165, 1.54) is 6.42 Å². The number of hydrogen-bond donors (Lipinski definition) is 1. The van der Waals surface area contributed by atoms with Crippen LogP contribution in [0.4, 0.5) is 0 Å². The number of amides is 1. The van der Waals surface area contributed by atoms with Gasteiger partial charge in [0.15, 0.2) is 0 Å². The Morgan fingerprint density at radius 1 is 1.50 bits per heavy atom. The molecule has 2 aromatic heterocycles. The number of H-pyrrole nitrogens is 1. The van der Waals surface area contributed by atoms with Crippen LogP contribution in [0, 0.1) is 19.8 Å². The second-order valence-electron chi connectivity index (χ2n) is 6.05. The molecule has 22 heavy (non-hydrogen) atoms. The van der Waals surface area contributed by atoms with Gasteiger partial charge in [0, 0.05) is 29.9 Å². The first-order valence-electron chi connectivity index (χ1n) is 7.80. The fourth-order valence-electron chi connectivity index (χ4n) is 3.15. The van der Waals surface area contributed by atoms with Crippen molar-refractivity contribution in [2.45, 2.75) is 39.5 Å². The summed E-state index contributed by atoms with van der Waals surface area (Å²) in [6, 6.07) is 2.02. The molecule has 118 valence electrons.